The van der Waals surface area contributed by atoms with Gasteiger partial charge >= 0.3 is 0 Å². The largest absolute Gasteiger partial charge is 0.355 e. The highest BCUT2D eigenvalue weighted by Gasteiger charge is 2.12. The summed E-state index contributed by atoms with van der Waals surface area (Å²) in [7, 11) is 0. The van der Waals surface area contributed by atoms with Crippen LogP contribution in [0.15, 0.2) is 24.3 Å². The monoisotopic (exact) mass is 251 g/mol. The van der Waals surface area contributed by atoms with Gasteiger partial charge in [-0.25, -0.2) is 0 Å². The molecule has 0 aliphatic rings. The van der Waals surface area contributed by atoms with Crippen LogP contribution in [0.5, 0.6) is 0 Å². The highest BCUT2D eigenvalue weighted by molar-refractivity contribution is 7.81. The van der Waals surface area contributed by atoms with Crippen molar-refractivity contribution >= 4 is 18.5 Å². The number of amides is 1. The topological polar surface area (TPSA) is 29.1 Å². The predicted molar refractivity (Wildman–Crippen MR) is 75.7 cm³/mol. The number of hydrogen-bond acceptors (Lipinski definition) is 2. The first-order valence-electron chi connectivity index (χ1n) is 5.90. The van der Waals surface area contributed by atoms with Crippen LogP contribution < -0.4 is 5.32 Å². The molecule has 1 aromatic carbocycles. The van der Waals surface area contributed by atoms with Crippen LogP contribution in [0.4, 0.5) is 0 Å². The van der Waals surface area contributed by atoms with E-state index in [0.717, 1.165) is 6.42 Å². The van der Waals surface area contributed by atoms with Gasteiger partial charge in [0.15, 0.2) is 0 Å². The standard InChI is InChI=1S/C14H21NOS/c1-14(2,3)12-6-4-11(5-7-12)8-9-15-13(16)10-17/h4-7,17H,8-10H2,1-3H3,(H,15,16). The zero-order valence-electron chi connectivity index (χ0n) is 10.8. The maximum absolute atomic E-state index is 11.0. The van der Waals surface area contributed by atoms with Crippen LogP contribution in [0.3, 0.4) is 0 Å². The average molecular weight is 251 g/mol. The number of hydrogen-bond donors (Lipinski definition) is 2. The number of rotatable bonds is 4. The summed E-state index contributed by atoms with van der Waals surface area (Å²) in [5.41, 5.74) is 2.77. The quantitative estimate of drug-likeness (QED) is 0.791. The van der Waals surface area contributed by atoms with Crippen LogP contribution in [0, 0.1) is 0 Å². The summed E-state index contributed by atoms with van der Waals surface area (Å²) in [6, 6.07) is 8.59. The van der Waals surface area contributed by atoms with Crippen LogP contribution in [-0.4, -0.2) is 18.2 Å². The first-order valence-corrected chi connectivity index (χ1v) is 6.53. The first-order chi connectivity index (χ1) is 7.93. The van der Waals surface area contributed by atoms with Gasteiger partial charge in [-0.2, -0.15) is 12.6 Å². The molecule has 0 radical (unpaired) electrons. The van der Waals surface area contributed by atoms with E-state index in [1.54, 1.807) is 0 Å². The van der Waals surface area contributed by atoms with Crippen molar-refractivity contribution in [2.24, 2.45) is 0 Å². The predicted octanol–water partition coefficient (Wildman–Crippen LogP) is 2.57. The maximum atomic E-state index is 11.0. The Hall–Kier alpha value is -0.960. The highest BCUT2D eigenvalue weighted by Crippen LogP contribution is 2.22. The van der Waals surface area contributed by atoms with E-state index in [0.29, 0.717) is 6.54 Å². The number of thiol groups is 1. The zero-order chi connectivity index (χ0) is 12.9. The van der Waals surface area contributed by atoms with E-state index in [-0.39, 0.29) is 17.1 Å². The van der Waals surface area contributed by atoms with Crippen molar-refractivity contribution in [2.75, 3.05) is 12.3 Å². The second-order valence-corrected chi connectivity index (χ2v) is 5.52. The van der Waals surface area contributed by atoms with Crippen molar-refractivity contribution in [1.82, 2.24) is 5.32 Å². The summed E-state index contributed by atoms with van der Waals surface area (Å²) in [6.07, 6.45) is 0.865. The van der Waals surface area contributed by atoms with E-state index in [1.165, 1.54) is 11.1 Å². The van der Waals surface area contributed by atoms with E-state index in [1.807, 2.05) is 0 Å². The van der Waals surface area contributed by atoms with Crippen LogP contribution in [0.2, 0.25) is 0 Å². The lowest BCUT2D eigenvalue weighted by Gasteiger charge is -2.19. The molecule has 1 N–H and O–H groups in total. The van der Waals surface area contributed by atoms with Crippen LogP contribution in [-0.2, 0) is 16.6 Å². The van der Waals surface area contributed by atoms with Crippen LogP contribution >= 0.6 is 12.6 Å². The molecular formula is C14H21NOS. The minimum Gasteiger partial charge on any atom is -0.355 e. The normalized spacial score (nSPS) is 11.3. The van der Waals surface area contributed by atoms with Gasteiger partial charge in [-0.05, 0) is 23.0 Å². The van der Waals surface area contributed by atoms with E-state index < -0.39 is 0 Å². The second-order valence-electron chi connectivity index (χ2n) is 5.20. The average Bonchev–Trinajstić information content (AvgIpc) is 2.28. The van der Waals surface area contributed by atoms with Crippen LogP contribution in [0.25, 0.3) is 0 Å². The summed E-state index contributed by atoms with van der Waals surface area (Å²) >= 11 is 3.91. The Bertz CT molecular complexity index is 365. The second kappa shape index (κ2) is 6.10. The van der Waals surface area contributed by atoms with Gasteiger partial charge in [0.25, 0.3) is 0 Å². The third-order valence-electron chi connectivity index (χ3n) is 2.70. The van der Waals surface area contributed by atoms with E-state index in [9.17, 15) is 4.79 Å². The lowest BCUT2D eigenvalue weighted by atomic mass is 9.86. The third kappa shape index (κ3) is 4.82. The molecule has 0 heterocycles. The van der Waals surface area contributed by atoms with Gasteiger partial charge < -0.3 is 5.32 Å². The molecule has 0 aliphatic heterocycles. The summed E-state index contributed by atoms with van der Waals surface area (Å²) < 4.78 is 0. The third-order valence-corrected chi connectivity index (χ3v) is 2.99. The molecular weight excluding hydrogens is 230 g/mol. The summed E-state index contributed by atoms with van der Waals surface area (Å²) in [5, 5.41) is 2.81. The molecule has 2 nitrogen and oxygen atoms in total. The summed E-state index contributed by atoms with van der Waals surface area (Å²) in [4.78, 5) is 11.0. The Morgan fingerprint density at radius 1 is 1.24 bits per heavy atom. The van der Waals surface area contributed by atoms with Gasteiger partial charge in [0.05, 0.1) is 5.75 Å². The van der Waals surface area contributed by atoms with Gasteiger partial charge in [0.1, 0.15) is 0 Å². The molecule has 0 aromatic heterocycles. The summed E-state index contributed by atoms with van der Waals surface area (Å²) in [5.74, 6) is 0.239. The lowest BCUT2D eigenvalue weighted by Crippen LogP contribution is -2.26. The van der Waals surface area contributed by atoms with Crippen LogP contribution in [0.1, 0.15) is 31.9 Å². The molecule has 0 bridgehead atoms. The Kier molecular flexibility index (Phi) is 5.06. The van der Waals surface area contributed by atoms with Crippen molar-refractivity contribution in [2.45, 2.75) is 32.6 Å². The van der Waals surface area contributed by atoms with Crippen molar-refractivity contribution in [3.05, 3.63) is 35.4 Å². The number of carbonyl (C=O) groups excluding carboxylic acids is 1. The molecule has 0 atom stereocenters. The van der Waals surface area contributed by atoms with Gasteiger partial charge in [-0.3, -0.25) is 4.79 Å². The zero-order valence-corrected chi connectivity index (χ0v) is 11.7. The van der Waals surface area contributed by atoms with Gasteiger partial charge in [0, 0.05) is 6.54 Å². The fraction of sp³-hybridized carbons (Fsp3) is 0.500. The number of nitrogens with one attached hydrogen (secondary N) is 1. The Morgan fingerprint density at radius 3 is 2.29 bits per heavy atom. The summed E-state index contributed by atoms with van der Waals surface area (Å²) in [6.45, 7) is 7.28. The fourth-order valence-electron chi connectivity index (χ4n) is 1.57. The highest BCUT2D eigenvalue weighted by atomic mass is 32.1. The van der Waals surface area contributed by atoms with Crippen molar-refractivity contribution in [3.63, 3.8) is 0 Å². The molecule has 1 rings (SSSR count). The molecule has 17 heavy (non-hydrogen) atoms. The smallest absolute Gasteiger partial charge is 0.229 e. The van der Waals surface area contributed by atoms with Gasteiger partial charge in [-0.15, -0.1) is 0 Å². The van der Waals surface area contributed by atoms with Crippen molar-refractivity contribution in [1.29, 1.82) is 0 Å². The fourth-order valence-corrected chi connectivity index (χ4v) is 1.69. The maximum Gasteiger partial charge on any atom is 0.229 e. The molecule has 94 valence electrons. The Balaban J connectivity index is 2.49. The molecule has 0 fully saturated rings. The lowest BCUT2D eigenvalue weighted by molar-refractivity contribution is -0.118. The molecule has 0 aliphatic carbocycles. The Morgan fingerprint density at radius 2 is 1.82 bits per heavy atom. The van der Waals surface area contributed by atoms with Gasteiger partial charge in [-0.1, -0.05) is 45.0 Å². The SMILES string of the molecule is CC(C)(C)c1ccc(CCNC(=O)CS)cc1. The molecule has 1 aromatic rings. The van der Waals surface area contributed by atoms with E-state index in [4.69, 9.17) is 0 Å². The molecule has 1 amide bonds. The molecule has 3 heteroatoms. The van der Waals surface area contributed by atoms with Gasteiger partial charge in [0.2, 0.25) is 5.91 Å². The molecule has 0 saturated carbocycles. The number of carbonyl (C=O) groups is 1. The molecule has 0 spiro atoms. The van der Waals surface area contributed by atoms with E-state index in [2.05, 4.69) is 63.0 Å². The minimum atomic E-state index is -0.0142. The van der Waals surface area contributed by atoms with Crippen molar-refractivity contribution in [3.8, 4) is 0 Å². The van der Waals surface area contributed by atoms with Crippen molar-refractivity contribution < 1.29 is 4.79 Å². The molecule has 0 unspecified atom stereocenters. The number of benzene rings is 1. The first kappa shape index (κ1) is 14.1. The minimum absolute atomic E-state index is 0.0142. The molecule has 0 saturated heterocycles. The van der Waals surface area contributed by atoms with E-state index >= 15 is 0 Å². The Labute approximate surface area is 109 Å².